The summed E-state index contributed by atoms with van der Waals surface area (Å²) in [5.41, 5.74) is 2.17. The van der Waals surface area contributed by atoms with Crippen molar-refractivity contribution in [3.8, 4) is 0 Å². The van der Waals surface area contributed by atoms with Crippen molar-refractivity contribution in [2.75, 3.05) is 12.4 Å². The van der Waals surface area contributed by atoms with Crippen LogP contribution in [0.4, 0.5) is 5.69 Å². The van der Waals surface area contributed by atoms with Crippen molar-refractivity contribution >= 4 is 28.5 Å². The molecule has 154 valence electrons. The Hall–Kier alpha value is -1.49. The SMILES string of the molecule is CC(C)c1ccc(NC(=O)CC2C(C)SC(=NC3CCCCCC3)N2C)cc1. The zero-order chi connectivity index (χ0) is 20.1. The molecule has 1 aromatic carbocycles. The molecule has 1 heterocycles. The van der Waals surface area contributed by atoms with Crippen molar-refractivity contribution in [3.63, 3.8) is 0 Å². The Morgan fingerprint density at radius 2 is 1.82 bits per heavy atom. The minimum atomic E-state index is 0.0808. The van der Waals surface area contributed by atoms with Crippen LogP contribution in [0.5, 0.6) is 0 Å². The summed E-state index contributed by atoms with van der Waals surface area (Å²) in [5.74, 6) is 0.582. The molecule has 0 aromatic heterocycles. The molecule has 1 amide bonds. The first-order chi connectivity index (χ1) is 13.4. The molecule has 5 heteroatoms. The van der Waals surface area contributed by atoms with Crippen LogP contribution >= 0.6 is 11.8 Å². The van der Waals surface area contributed by atoms with Gasteiger partial charge in [-0.3, -0.25) is 9.79 Å². The molecule has 1 aromatic rings. The van der Waals surface area contributed by atoms with Crippen molar-refractivity contribution in [1.82, 2.24) is 4.90 Å². The average molecular weight is 402 g/mol. The Bertz CT molecular complexity index is 678. The third-order valence-electron chi connectivity index (χ3n) is 6.01. The normalized spacial score (nSPS) is 25.3. The molecule has 2 fully saturated rings. The van der Waals surface area contributed by atoms with Crippen LogP contribution in [0, 0.1) is 0 Å². The smallest absolute Gasteiger partial charge is 0.226 e. The van der Waals surface area contributed by atoms with Gasteiger partial charge in [-0.1, -0.05) is 70.3 Å². The summed E-state index contributed by atoms with van der Waals surface area (Å²) in [7, 11) is 2.10. The first kappa shape index (κ1) is 21.2. The lowest BCUT2D eigenvalue weighted by Crippen LogP contribution is -2.36. The van der Waals surface area contributed by atoms with E-state index in [0.717, 1.165) is 10.9 Å². The van der Waals surface area contributed by atoms with Crippen molar-refractivity contribution in [2.45, 2.75) is 89.0 Å². The van der Waals surface area contributed by atoms with Crippen LogP contribution in [0.2, 0.25) is 0 Å². The summed E-state index contributed by atoms with van der Waals surface area (Å²) in [6.07, 6.45) is 8.22. The summed E-state index contributed by atoms with van der Waals surface area (Å²) in [6.45, 7) is 6.57. The number of benzene rings is 1. The van der Waals surface area contributed by atoms with Crippen LogP contribution in [0.3, 0.4) is 0 Å². The largest absolute Gasteiger partial charge is 0.350 e. The topological polar surface area (TPSA) is 44.7 Å². The molecule has 1 N–H and O–H groups in total. The van der Waals surface area contributed by atoms with Crippen LogP contribution in [-0.2, 0) is 4.79 Å². The van der Waals surface area contributed by atoms with Gasteiger partial charge in [-0.15, -0.1) is 0 Å². The summed E-state index contributed by atoms with van der Waals surface area (Å²) >= 11 is 1.83. The summed E-state index contributed by atoms with van der Waals surface area (Å²) in [4.78, 5) is 19.9. The van der Waals surface area contributed by atoms with E-state index in [9.17, 15) is 4.79 Å². The lowest BCUT2D eigenvalue weighted by Gasteiger charge is -2.23. The van der Waals surface area contributed by atoms with Gasteiger partial charge in [-0.25, -0.2) is 0 Å². The highest BCUT2D eigenvalue weighted by atomic mass is 32.2. The molecule has 0 radical (unpaired) electrons. The molecule has 28 heavy (non-hydrogen) atoms. The predicted octanol–water partition coefficient (Wildman–Crippen LogP) is 5.65. The van der Waals surface area contributed by atoms with E-state index in [1.807, 2.05) is 23.9 Å². The number of anilines is 1. The van der Waals surface area contributed by atoms with E-state index in [-0.39, 0.29) is 11.9 Å². The molecule has 4 nitrogen and oxygen atoms in total. The molecule has 1 saturated carbocycles. The number of amidine groups is 1. The third-order valence-corrected chi connectivity index (χ3v) is 7.30. The fourth-order valence-corrected chi connectivity index (χ4v) is 5.39. The van der Waals surface area contributed by atoms with Gasteiger partial charge < -0.3 is 10.2 Å². The van der Waals surface area contributed by atoms with Gasteiger partial charge in [-0.05, 0) is 36.5 Å². The van der Waals surface area contributed by atoms with E-state index in [4.69, 9.17) is 4.99 Å². The Kier molecular flexibility index (Phi) is 7.44. The van der Waals surface area contributed by atoms with Crippen molar-refractivity contribution in [1.29, 1.82) is 0 Å². The first-order valence-corrected chi connectivity index (χ1v) is 11.7. The number of aliphatic imine (C=N–C) groups is 1. The Morgan fingerprint density at radius 3 is 2.43 bits per heavy atom. The van der Waals surface area contributed by atoms with Crippen LogP contribution in [-0.4, -0.2) is 40.4 Å². The molecule has 1 aliphatic carbocycles. The number of carbonyl (C=O) groups excluding carboxylic acids is 1. The van der Waals surface area contributed by atoms with E-state index in [2.05, 4.69) is 50.2 Å². The molecule has 1 saturated heterocycles. The van der Waals surface area contributed by atoms with Crippen molar-refractivity contribution < 1.29 is 4.79 Å². The van der Waals surface area contributed by atoms with Crippen LogP contribution in [0.1, 0.15) is 77.2 Å². The first-order valence-electron chi connectivity index (χ1n) is 10.8. The van der Waals surface area contributed by atoms with Gasteiger partial charge in [0.2, 0.25) is 5.91 Å². The number of thioether (sulfide) groups is 1. The molecule has 0 bridgehead atoms. The zero-order valence-corrected chi connectivity index (χ0v) is 18.6. The fraction of sp³-hybridized carbons (Fsp3) is 0.652. The van der Waals surface area contributed by atoms with Crippen LogP contribution in [0.25, 0.3) is 0 Å². The molecular formula is C23H35N3OS. The highest BCUT2D eigenvalue weighted by molar-refractivity contribution is 8.14. The van der Waals surface area contributed by atoms with Gasteiger partial charge >= 0.3 is 0 Å². The van der Waals surface area contributed by atoms with Crippen LogP contribution in [0.15, 0.2) is 29.3 Å². The Morgan fingerprint density at radius 1 is 1.18 bits per heavy atom. The van der Waals surface area contributed by atoms with Crippen molar-refractivity contribution in [3.05, 3.63) is 29.8 Å². The number of amides is 1. The highest BCUT2D eigenvalue weighted by Crippen LogP contribution is 2.33. The van der Waals surface area contributed by atoms with Gasteiger partial charge in [0.1, 0.15) is 0 Å². The molecule has 0 spiro atoms. The van der Waals surface area contributed by atoms with E-state index >= 15 is 0 Å². The second-order valence-corrected chi connectivity index (χ2v) is 9.93. The Balaban J connectivity index is 1.57. The fourth-order valence-electron chi connectivity index (χ4n) is 4.11. The quantitative estimate of drug-likeness (QED) is 0.648. The lowest BCUT2D eigenvalue weighted by molar-refractivity contribution is -0.117. The van der Waals surface area contributed by atoms with Gasteiger partial charge in [0.25, 0.3) is 0 Å². The van der Waals surface area contributed by atoms with Crippen molar-refractivity contribution in [2.24, 2.45) is 4.99 Å². The third kappa shape index (κ3) is 5.53. The van der Waals surface area contributed by atoms with Gasteiger partial charge in [-0.2, -0.15) is 0 Å². The maximum absolute atomic E-state index is 12.6. The van der Waals surface area contributed by atoms with Gasteiger partial charge in [0, 0.05) is 24.4 Å². The molecule has 3 rings (SSSR count). The highest BCUT2D eigenvalue weighted by Gasteiger charge is 2.35. The number of nitrogens with zero attached hydrogens (tertiary/aromatic N) is 2. The van der Waals surface area contributed by atoms with Crippen LogP contribution < -0.4 is 5.32 Å². The molecule has 2 atom stereocenters. The number of hydrogen-bond acceptors (Lipinski definition) is 3. The summed E-state index contributed by atoms with van der Waals surface area (Å²) < 4.78 is 0. The number of nitrogens with one attached hydrogen (secondary N) is 1. The molecule has 1 aliphatic heterocycles. The predicted molar refractivity (Wildman–Crippen MR) is 121 cm³/mol. The minimum absolute atomic E-state index is 0.0808. The summed E-state index contributed by atoms with van der Waals surface area (Å²) in [6, 6.07) is 8.86. The lowest BCUT2D eigenvalue weighted by atomic mass is 10.0. The Labute approximate surface area is 174 Å². The van der Waals surface area contributed by atoms with E-state index in [0.29, 0.717) is 23.6 Å². The maximum Gasteiger partial charge on any atom is 0.226 e. The second kappa shape index (κ2) is 9.82. The standard InChI is InChI=1S/C23H35N3OS/c1-16(2)18-11-13-20(14-12-18)24-22(27)15-21-17(3)28-23(26(21)4)25-19-9-7-5-6-8-10-19/h11-14,16-17,19,21H,5-10,15H2,1-4H3,(H,24,27). The maximum atomic E-state index is 12.6. The monoisotopic (exact) mass is 401 g/mol. The molecular weight excluding hydrogens is 366 g/mol. The molecule has 2 unspecified atom stereocenters. The average Bonchev–Trinajstić information content (AvgIpc) is 2.85. The number of hydrogen-bond donors (Lipinski definition) is 1. The minimum Gasteiger partial charge on any atom is -0.350 e. The molecule has 2 aliphatic rings. The van der Waals surface area contributed by atoms with Gasteiger partial charge in [0.15, 0.2) is 5.17 Å². The van der Waals surface area contributed by atoms with E-state index in [1.165, 1.54) is 44.1 Å². The van der Waals surface area contributed by atoms with E-state index < -0.39 is 0 Å². The second-order valence-electron chi connectivity index (χ2n) is 8.59. The summed E-state index contributed by atoms with van der Waals surface area (Å²) in [5, 5.41) is 4.57. The number of rotatable bonds is 5. The van der Waals surface area contributed by atoms with E-state index in [1.54, 1.807) is 0 Å². The zero-order valence-electron chi connectivity index (χ0n) is 17.8. The number of carbonyl (C=O) groups is 1. The van der Waals surface area contributed by atoms with Gasteiger partial charge in [0.05, 0.1) is 12.1 Å².